The normalized spacial score (nSPS) is 26.6. The Bertz CT molecular complexity index is 460. The third kappa shape index (κ3) is 2.96. The number of carbonyl (C=O) groups is 1. The van der Waals surface area contributed by atoms with E-state index >= 15 is 0 Å². The molecule has 0 spiro atoms. The van der Waals surface area contributed by atoms with Crippen LogP contribution in [0.2, 0.25) is 0 Å². The average Bonchev–Trinajstić information content (AvgIpc) is 2.73. The summed E-state index contributed by atoms with van der Waals surface area (Å²) in [5.74, 6) is 0.190. The Morgan fingerprint density at radius 1 is 1.26 bits per heavy atom. The predicted molar refractivity (Wildman–Crippen MR) is 74.7 cm³/mol. The molecule has 19 heavy (non-hydrogen) atoms. The van der Waals surface area contributed by atoms with E-state index in [1.54, 1.807) is 0 Å². The first-order chi connectivity index (χ1) is 9.33. The zero-order valence-electron chi connectivity index (χ0n) is 11.1. The Labute approximate surface area is 114 Å². The first-order valence-corrected chi connectivity index (χ1v) is 7.14. The highest BCUT2D eigenvalue weighted by Crippen LogP contribution is 2.23. The third-order valence-electron chi connectivity index (χ3n) is 4.05. The van der Waals surface area contributed by atoms with Crippen molar-refractivity contribution in [3.63, 3.8) is 0 Å². The molecule has 4 heteroatoms. The molecular weight excluding hydrogens is 238 g/mol. The van der Waals surface area contributed by atoms with Gasteiger partial charge in [-0.15, -0.1) is 0 Å². The lowest BCUT2D eigenvalue weighted by Gasteiger charge is -2.21. The molecular formula is C15H21N3O. The molecule has 3 N–H and O–H groups in total. The monoisotopic (exact) mass is 259 g/mol. The van der Waals surface area contributed by atoms with E-state index in [1.807, 2.05) is 0 Å². The van der Waals surface area contributed by atoms with Gasteiger partial charge in [-0.25, -0.2) is 0 Å². The van der Waals surface area contributed by atoms with Crippen molar-refractivity contribution < 1.29 is 4.79 Å². The van der Waals surface area contributed by atoms with Crippen molar-refractivity contribution in [3.05, 3.63) is 35.4 Å². The predicted octanol–water partition coefficient (Wildman–Crippen LogP) is 1.09. The summed E-state index contributed by atoms with van der Waals surface area (Å²) >= 11 is 0. The number of hydrogen-bond donors (Lipinski definition) is 3. The van der Waals surface area contributed by atoms with Gasteiger partial charge in [0.1, 0.15) is 0 Å². The topological polar surface area (TPSA) is 53.2 Å². The van der Waals surface area contributed by atoms with Crippen LogP contribution in [-0.2, 0) is 11.3 Å². The molecule has 0 aliphatic carbocycles. The number of carbonyl (C=O) groups excluding carboxylic acids is 1. The molecule has 1 aromatic rings. The smallest absolute Gasteiger partial charge is 0.220 e. The number of benzene rings is 1. The van der Waals surface area contributed by atoms with Crippen LogP contribution in [-0.4, -0.2) is 25.0 Å². The molecule has 1 fully saturated rings. The van der Waals surface area contributed by atoms with Crippen LogP contribution in [0.25, 0.3) is 0 Å². The van der Waals surface area contributed by atoms with E-state index in [0.29, 0.717) is 18.5 Å². The van der Waals surface area contributed by atoms with Gasteiger partial charge >= 0.3 is 0 Å². The second kappa shape index (κ2) is 5.72. The molecule has 4 nitrogen and oxygen atoms in total. The highest BCUT2D eigenvalue weighted by molar-refractivity contribution is 5.78. The maximum atomic E-state index is 11.2. The molecule has 0 aromatic heterocycles. The molecule has 0 bridgehead atoms. The van der Waals surface area contributed by atoms with Gasteiger partial charge in [-0.2, -0.15) is 0 Å². The van der Waals surface area contributed by atoms with Gasteiger partial charge in [-0.05, 0) is 30.5 Å². The van der Waals surface area contributed by atoms with Crippen LogP contribution in [0.1, 0.15) is 36.4 Å². The van der Waals surface area contributed by atoms with Crippen LogP contribution < -0.4 is 16.0 Å². The fourth-order valence-corrected chi connectivity index (χ4v) is 2.99. The quantitative estimate of drug-likeness (QED) is 0.761. The number of nitrogens with one attached hydrogen (secondary N) is 3. The first-order valence-electron chi connectivity index (χ1n) is 7.14. The van der Waals surface area contributed by atoms with Crippen molar-refractivity contribution >= 4 is 5.91 Å². The number of hydrogen-bond acceptors (Lipinski definition) is 3. The molecule has 2 heterocycles. The minimum absolute atomic E-state index is 0.190. The van der Waals surface area contributed by atoms with Gasteiger partial charge in [0, 0.05) is 31.6 Å². The lowest BCUT2D eigenvalue weighted by atomic mass is 9.99. The van der Waals surface area contributed by atoms with Gasteiger partial charge in [0.2, 0.25) is 5.91 Å². The summed E-state index contributed by atoms with van der Waals surface area (Å²) in [5, 5.41) is 10.1. The van der Waals surface area contributed by atoms with Crippen molar-refractivity contribution in [1.29, 1.82) is 0 Å². The van der Waals surface area contributed by atoms with Crippen LogP contribution in [0.4, 0.5) is 0 Å². The van der Waals surface area contributed by atoms with Gasteiger partial charge in [-0.3, -0.25) is 4.79 Å². The maximum absolute atomic E-state index is 11.2. The van der Waals surface area contributed by atoms with E-state index < -0.39 is 0 Å². The highest BCUT2D eigenvalue weighted by atomic mass is 16.1. The second-order valence-corrected chi connectivity index (χ2v) is 5.43. The fourth-order valence-electron chi connectivity index (χ4n) is 2.99. The highest BCUT2D eigenvalue weighted by Gasteiger charge is 2.23. The van der Waals surface area contributed by atoms with Crippen LogP contribution in [0, 0.1) is 0 Å². The van der Waals surface area contributed by atoms with Gasteiger partial charge in [-0.1, -0.05) is 24.3 Å². The molecule has 2 aliphatic rings. The molecule has 102 valence electrons. The van der Waals surface area contributed by atoms with E-state index in [4.69, 9.17) is 0 Å². The minimum atomic E-state index is 0.190. The van der Waals surface area contributed by atoms with Gasteiger partial charge in [0.15, 0.2) is 0 Å². The van der Waals surface area contributed by atoms with E-state index in [-0.39, 0.29) is 5.91 Å². The Kier molecular flexibility index (Phi) is 3.80. The minimum Gasteiger partial charge on any atom is -0.352 e. The van der Waals surface area contributed by atoms with Crippen LogP contribution in [0.3, 0.4) is 0 Å². The second-order valence-electron chi connectivity index (χ2n) is 5.43. The molecule has 0 radical (unpaired) electrons. The Morgan fingerprint density at radius 2 is 2.16 bits per heavy atom. The zero-order valence-corrected chi connectivity index (χ0v) is 11.1. The van der Waals surface area contributed by atoms with E-state index in [9.17, 15) is 4.79 Å². The molecule has 1 aromatic carbocycles. The van der Waals surface area contributed by atoms with Crippen LogP contribution in [0.15, 0.2) is 24.3 Å². The SMILES string of the molecule is O=C1CCC(CNC2CCNCc3ccccc32)N1. The third-order valence-corrected chi connectivity index (χ3v) is 4.05. The summed E-state index contributed by atoms with van der Waals surface area (Å²) in [5.41, 5.74) is 2.78. The molecule has 2 aliphatic heterocycles. The molecule has 1 saturated heterocycles. The standard InChI is InChI=1S/C15H21N3O/c19-15-6-5-12(18-15)10-17-14-7-8-16-9-11-3-1-2-4-13(11)14/h1-4,12,14,16-17H,5-10H2,(H,18,19). The summed E-state index contributed by atoms with van der Waals surface area (Å²) < 4.78 is 0. The molecule has 2 atom stereocenters. The van der Waals surface area contributed by atoms with E-state index in [2.05, 4.69) is 40.2 Å². The lowest BCUT2D eigenvalue weighted by Crippen LogP contribution is -2.37. The molecule has 3 rings (SSSR count). The molecule has 2 unspecified atom stereocenters. The van der Waals surface area contributed by atoms with E-state index in [1.165, 1.54) is 11.1 Å². The van der Waals surface area contributed by atoms with Crippen molar-refractivity contribution in [1.82, 2.24) is 16.0 Å². The first kappa shape index (κ1) is 12.6. The van der Waals surface area contributed by atoms with E-state index in [0.717, 1.165) is 32.5 Å². The molecule has 1 amide bonds. The van der Waals surface area contributed by atoms with Crippen molar-refractivity contribution in [2.24, 2.45) is 0 Å². The summed E-state index contributed by atoms with van der Waals surface area (Å²) in [7, 11) is 0. The van der Waals surface area contributed by atoms with Crippen molar-refractivity contribution in [2.75, 3.05) is 13.1 Å². The number of fused-ring (bicyclic) bond motifs is 1. The summed E-state index contributed by atoms with van der Waals surface area (Å²) in [6.45, 7) is 2.85. The van der Waals surface area contributed by atoms with Gasteiger partial charge in [0.05, 0.1) is 0 Å². The van der Waals surface area contributed by atoms with Gasteiger partial charge < -0.3 is 16.0 Å². The van der Waals surface area contributed by atoms with Crippen LogP contribution in [0.5, 0.6) is 0 Å². The average molecular weight is 259 g/mol. The Hall–Kier alpha value is -1.39. The fraction of sp³-hybridized carbons (Fsp3) is 0.533. The summed E-state index contributed by atoms with van der Waals surface area (Å²) in [4.78, 5) is 11.2. The zero-order chi connectivity index (χ0) is 13.1. The van der Waals surface area contributed by atoms with Crippen LogP contribution >= 0.6 is 0 Å². The van der Waals surface area contributed by atoms with Crippen molar-refractivity contribution in [3.8, 4) is 0 Å². The number of amides is 1. The lowest BCUT2D eigenvalue weighted by molar-refractivity contribution is -0.119. The summed E-state index contributed by atoms with van der Waals surface area (Å²) in [6.07, 6.45) is 2.73. The van der Waals surface area contributed by atoms with Crippen molar-refractivity contribution in [2.45, 2.75) is 37.9 Å². The molecule has 0 saturated carbocycles. The largest absolute Gasteiger partial charge is 0.352 e. The Morgan fingerprint density at radius 3 is 3.00 bits per heavy atom. The summed E-state index contributed by atoms with van der Waals surface area (Å²) in [6, 6.07) is 9.31. The number of rotatable bonds is 3. The Balaban J connectivity index is 1.65. The maximum Gasteiger partial charge on any atom is 0.220 e. The van der Waals surface area contributed by atoms with Gasteiger partial charge in [0.25, 0.3) is 0 Å².